The molecule has 3 heteroatoms. The molecule has 0 unspecified atom stereocenters. The van der Waals surface area contributed by atoms with Gasteiger partial charge in [0.05, 0.1) is 0 Å². The van der Waals surface area contributed by atoms with Crippen molar-refractivity contribution in [1.82, 2.24) is 5.32 Å². The zero-order valence-corrected chi connectivity index (χ0v) is 12.3. The Balaban J connectivity index is 2.76. The summed E-state index contributed by atoms with van der Waals surface area (Å²) in [5.74, 6) is 0.884. The van der Waals surface area contributed by atoms with Gasteiger partial charge in [0.1, 0.15) is 12.4 Å². The quantitative estimate of drug-likeness (QED) is 0.808. The topological polar surface area (TPSA) is 21.3 Å². The Morgan fingerprint density at radius 2 is 2.06 bits per heavy atom. The Bertz CT molecular complexity index is 407. The first-order valence-corrected chi connectivity index (χ1v) is 6.57. The summed E-state index contributed by atoms with van der Waals surface area (Å²) in [6.45, 7) is 9.72. The number of benzene rings is 1. The summed E-state index contributed by atoms with van der Waals surface area (Å²) in [6, 6.07) is 5.73. The van der Waals surface area contributed by atoms with E-state index in [1.54, 1.807) is 0 Å². The van der Waals surface area contributed by atoms with Crippen molar-refractivity contribution < 1.29 is 4.74 Å². The van der Waals surface area contributed by atoms with E-state index in [2.05, 4.69) is 26.1 Å². The van der Waals surface area contributed by atoms with Gasteiger partial charge in [0.2, 0.25) is 0 Å². The van der Waals surface area contributed by atoms with Crippen LogP contribution in [-0.4, -0.2) is 12.1 Å². The second-order valence-corrected chi connectivity index (χ2v) is 5.67. The number of allylic oxidation sites excluding steroid dienone is 1. The van der Waals surface area contributed by atoms with E-state index in [4.69, 9.17) is 16.3 Å². The first-order valence-electron chi connectivity index (χ1n) is 6.20. The van der Waals surface area contributed by atoms with Crippen LogP contribution in [0.1, 0.15) is 33.3 Å². The van der Waals surface area contributed by atoms with Crippen LogP contribution in [0.5, 0.6) is 5.75 Å². The summed E-state index contributed by atoms with van der Waals surface area (Å²) in [7, 11) is 0. The van der Waals surface area contributed by atoms with Gasteiger partial charge in [0.15, 0.2) is 0 Å². The summed E-state index contributed by atoms with van der Waals surface area (Å²) in [6.07, 6.45) is 3.96. The maximum atomic E-state index is 6.03. The second-order valence-electron chi connectivity index (χ2n) is 5.24. The second kappa shape index (κ2) is 6.81. The molecule has 1 rings (SSSR count). The normalized spacial score (nSPS) is 12.1. The maximum absolute atomic E-state index is 6.03. The Morgan fingerprint density at radius 1 is 1.33 bits per heavy atom. The fourth-order valence-electron chi connectivity index (χ4n) is 1.42. The van der Waals surface area contributed by atoms with Gasteiger partial charge in [-0.1, -0.05) is 23.8 Å². The molecule has 1 N–H and O–H groups in total. The minimum atomic E-state index is 0.0723. The van der Waals surface area contributed by atoms with Crippen molar-refractivity contribution >= 4 is 11.6 Å². The highest BCUT2D eigenvalue weighted by atomic mass is 35.5. The van der Waals surface area contributed by atoms with Gasteiger partial charge in [-0.15, -0.1) is 0 Å². The summed E-state index contributed by atoms with van der Waals surface area (Å²) in [5.41, 5.74) is 1.16. The number of rotatable bonds is 5. The highest BCUT2D eigenvalue weighted by Crippen LogP contribution is 2.23. The Hall–Kier alpha value is -0.990. The molecule has 0 spiro atoms. The first-order chi connectivity index (χ1) is 8.42. The molecule has 0 aliphatic heterocycles. The maximum Gasteiger partial charge on any atom is 0.124 e. The third kappa shape index (κ3) is 5.56. The number of nitrogens with one attached hydrogen (secondary N) is 1. The van der Waals surface area contributed by atoms with Crippen LogP contribution in [0.15, 0.2) is 30.4 Å². The van der Waals surface area contributed by atoms with Crippen molar-refractivity contribution in [1.29, 1.82) is 0 Å². The van der Waals surface area contributed by atoms with E-state index in [0.717, 1.165) is 22.9 Å². The average Bonchev–Trinajstić information content (AvgIpc) is 2.28. The van der Waals surface area contributed by atoms with Crippen LogP contribution in [0.4, 0.5) is 0 Å². The largest absolute Gasteiger partial charge is 0.489 e. The number of halogens is 1. The predicted molar refractivity (Wildman–Crippen MR) is 78.4 cm³/mol. The smallest absolute Gasteiger partial charge is 0.124 e. The lowest BCUT2D eigenvalue weighted by Crippen LogP contribution is -2.35. The highest BCUT2D eigenvalue weighted by molar-refractivity contribution is 6.30. The molecule has 0 saturated heterocycles. The molecule has 0 bridgehead atoms. The van der Waals surface area contributed by atoms with Crippen molar-refractivity contribution in [2.45, 2.75) is 39.8 Å². The van der Waals surface area contributed by atoms with Gasteiger partial charge in [-0.25, -0.2) is 0 Å². The Labute approximate surface area is 115 Å². The molecule has 0 atom stereocenters. The molecule has 0 amide bonds. The number of hydrogen-bond acceptors (Lipinski definition) is 2. The molecular weight excluding hydrogens is 246 g/mol. The molecule has 0 aliphatic rings. The van der Waals surface area contributed by atoms with Gasteiger partial charge in [-0.2, -0.15) is 0 Å². The van der Waals surface area contributed by atoms with E-state index < -0.39 is 0 Å². The van der Waals surface area contributed by atoms with Crippen molar-refractivity contribution in [2.24, 2.45) is 0 Å². The predicted octanol–water partition coefficient (Wildman–Crippen LogP) is 4.18. The minimum Gasteiger partial charge on any atom is -0.489 e. The molecule has 1 aromatic carbocycles. The molecule has 0 radical (unpaired) electrons. The zero-order valence-electron chi connectivity index (χ0n) is 11.6. The highest BCUT2D eigenvalue weighted by Gasteiger charge is 2.11. The SMILES string of the molecule is C/C=C/COc1ccc(Cl)cc1CNC(C)(C)C. The molecule has 0 fully saturated rings. The third-order valence-electron chi connectivity index (χ3n) is 2.40. The summed E-state index contributed by atoms with van der Waals surface area (Å²) >= 11 is 6.03. The van der Waals surface area contributed by atoms with E-state index >= 15 is 0 Å². The van der Waals surface area contributed by atoms with E-state index in [0.29, 0.717) is 6.61 Å². The van der Waals surface area contributed by atoms with E-state index in [9.17, 15) is 0 Å². The molecular formula is C15H22ClNO. The lowest BCUT2D eigenvalue weighted by molar-refractivity contribution is 0.352. The van der Waals surface area contributed by atoms with Crippen LogP contribution >= 0.6 is 11.6 Å². The molecule has 18 heavy (non-hydrogen) atoms. The van der Waals surface area contributed by atoms with Gasteiger partial charge in [-0.3, -0.25) is 0 Å². The molecule has 0 aromatic heterocycles. The van der Waals surface area contributed by atoms with Gasteiger partial charge in [0.25, 0.3) is 0 Å². The molecule has 100 valence electrons. The fraction of sp³-hybridized carbons (Fsp3) is 0.467. The lowest BCUT2D eigenvalue weighted by Gasteiger charge is -2.21. The van der Waals surface area contributed by atoms with Crippen molar-refractivity contribution in [3.63, 3.8) is 0 Å². The van der Waals surface area contributed by atoms with Crippen LogP contribution in [0, 0.1) is 0 Å². The van der Waals surface area contributed by atoms with Crippen molar-refractivity contribution in [3.8, 4) is 5.75 Å². The molecule has 2 nitrogen and oxygen atoms in total. The minimum absolute atomic E-state index is 0.0723. The standard InChI is InChI=1S/C15H22ClNO/c1-5-6-9-18-14-8-7-13(16)10-12(14)11-17-15(2,3)4/h5-8,10,17H,9,11H2,1-4H3/b6-5+. The van der Waals surface area contributed by atoms with Crippen LogP contribution in [0.2, 0.25) is 5.02 Å². The Morgan fingerprint density at radius 3 is 2.67 bits per heavy atom. The average molecular weight is 268 g/mol. The molecule has 0 heterocycles. The third-order valence-corrected chi connectivity index (χ3v) is 2.64. The monoisotopic (exact) mass is 267 g/mol. The van der Waals surface area contributed by atoms with Crippen LogP contribution < -0.4 is 10.1 Å². The van der Waals surface area contributed by atoms with Gasteiger partial charge in [-0.05, 0) is 45.9 Å². The molecule has 1 aromatic rings. The van der Waals surface area contributed by atoms with Crippen LogP contribution in [0.3, 0.4) is 0 Å². The van der Waals surface area contributed by atoms with Gasteiger partial charge in [0, 0.05) is 22.7 Å². The Kier molecular flexibility index (Phi) is 5.70. The number of hydrogen-bond donors (Lipinski definition) is 1. The fourth-order valence-corrected chi connectivity index (χ4v) is 1.62. The summed E-state index contributed by atoms with van der Waals surface area (Å²) < 4.78 is 5.71. The van der Waals surface area contributed by atoms with Crippen molar-refractivity contribution in [3.05, 3.63) is 40.9 Å². The van der Waals surface area contributed by atoms with Gasteiger partial charge < -0.3 is 10.1 Å². The zero-order chi connectivity index (χ0) is 13.6. The first kappa shape index (κ1) is 15.1. The van der Waals surface area contributed by atoms with Crippen molar-refractivity contribution in [2.75, 3.05) is 6.61 Å². The van der Waals surface area contributed by atoms with Gasteiger partial charge >= 0.3 is 0 Å². The number of ether oxygens (including phenoxy) is 1. The lowest BCUT2D eigenvalue weighted by atomic mass is 10.1. The van der Waals surface area contributed by atoms with E-state index in [-0.39, 0.29) is 5.54 Å². The molecule has 0 aliphatic carbocycles. The summed E-state index contributed by atoms with van der Waals surface area (Å²) in [5, 5.41) is 4.17. The molecule has 0 saturated carbocycles. The van der Waals surface area contributed by atoms with E-state index in [1.807, 2.05) is 37.3 Å². The van der Waals surface area contributed by atoms with E-state index in [1.165, 1.54) is 0 Å². The van der Waals surface area contributed by atoms with Crippen LogP contribution in [-0.2, 0) is 6.54 Å². The summed E-state index contributed by atoms with van der Waals surface area (Å²) in [4.78, 5) is 0. The van der Waals surface area contributed by atoms with Crippen LogP contribution in [0.25, 0.3) is 0 Å².